The number of imidazole rings is 1. The lowest BCUT2D eigenvalue weighted by Crippen LogP contribution is -2.46. The lowest BCUT2D eigenvalue weighted by atomic mass is 10.1. The Hall–Kier alpha value is -3.85. The predicted molar refractivity (Wildman–Crippen MR) is 117 cm³/mol. The average Bonchev–Trinajstić information content (AvgIpc) is 3.38. The van der Waals surface area contributed by atoms with E-state index in [1.54, 1.807) is 24.3 Å². The lowest BCUT2D eigenvalue weighted by molar-refractivity contribution is -0.118. The van der Waals surface area contributed by atoms with E-state index in [4.69, 9.17) is 10.5 Å². The second kappa shape index (κ2) is 9.96. The standard InChI is InChI=1S/C20H24N8O6/c21-5-13(30)27-20(33)23-7-12-15(31)16(32)19(34-12)28-9-26-14-17(24-8-25-18(14)28)22-6-10-1-3-11(29)4-2-10/h1-4,8-9,12,15-16,19,29,31-32H,5-7,21H2,(H,22,24,25)(H2,23,27,30,33)/t12-,15-,16-,19-/m1/s1. The van der Waals surface area contributed by atoms with Crippen molar-refractivity contribution in [3.63, 3.8) is 0 Å². The Balaban J connectivity index is 1.45. The first kappa shape index (κ1) is 23.3. The minimum absolute atomic E-state index is 0.167. The van der Waals surface area contributed by atoms with Gasteiger partial charge in [-0.3, -0.25) is 14.7 Å². The molecule has 0 radical (unpaired) electrons. The molecule has 2 aromatic heterocycles. The highest BCUT2D eigenvalue weighted by molar-refractivity contribution is 5.95. The number of carbonyl (C=O) groups is 2. The molecule has 3 heterocycles. The number of anilines is 1. The van der Waals surface area contributed by atoms with Crippen LogP contribution in [0.1, 0.15) is 11.8 Å². The molecule has 1 fully saturated rings. The van der Waals surface area contributed by atoms with Gasteiger partial charge in [0.25, 0.3) is 0 Å². The molecule has 4 atom stereocenters. The number of aliphatic hydroxyl groups is 2. The van der Waals surface area contributed by atoms with Crippen molar-refractivity contribution in [2.75, 3.05) is 18.4 Å². The molecule has 3 aromatic rings. The maximum absolute atomic E-state index is 11.7. The van der Waals surface area contributed by atoms with E-state index in [1.165, 1.54) is 17.2 Å². The molecule has 0 spiro atoms. The highest BCUT2D eigenvalue weighted by atomic mass is 16.6. The Labute approximate surface area is 192 Å². The van der Waals surface area contributed by atoms with E-state index in [0.29, 0.717) is 23.5 Å². The van der Waals surface area contributed by atoms with Crippen molar-refractivity contribution in [2.24, 2.45) is 5.73 Å². The van der Waals surface area contributed by atoms with E-state index in [1.807, 2.05) is 5.32 Å². The third-order valence-electron chi connectivity index (χ3n) is 5.27. The number of nitrogens with zero attached hydrogens (tertiary/aromatic N) is 4. The Morgan fingerprint density at radius 3 is 2.62 bits per heavy atom. The van der Waals surface area contributed by atoms with Gasteiger partial charge in [-0.1, -0.05) is 12.1 Å². The second-order valence-electron chi connectivity index (χ2n) is 7.57. The molecule has 14 nitrogen and oxygen atoms in total. The Kier molecular flexibility index (Phi) is 6.83. The zero-order valence-corrected chi connectivity index (χ0v) is 17.8. The number of ether oxygens (including phenoxy) is 1. The van der Waals surface area contributed by atoms with Crippen molar-refractivity contribution < 1.29 is 29.6 Å². The molecule has 1 aliphatic rings. The third kappa shape index (κ3) is 4.89. The Morgan fingerprint density at radius 2 is 1.88 bits per heavy atom. The molecule has 8 N–H and O–H groups in total. The summed E-state index contributed by atoms with van der Waals surface area (Å²) in [6.45, 7) is -0.0967. The van der Waals surface area contributed by atoms with Gasteiger partial charge in [-0.2, -0.15) is 0 Å². The van der Waals surface area contributed by atoms with Gasteiger partial charge >= 0.3 is 6.03 Å². The fourth-order valence-electron chi connectivity index (χ4n) is 3.51. The molecule has 0 bridgehead atoms. The number of carbonyl (C=O) groups excluding carboxylic acids is 2. The van der Waals surface area contributed by atoms with Crippen LogP contribution in [-0.4, -0.2) is 78.2 Å². The van der Waals surface area contributed by atoms with Gasteiger partial charge in [0.1, 0.15) is 30.4 Å². The number of aromatic hydroxyl groups is 1. The molecule has 34 heavy (non-hydrogen) atoms. The minimum Gasteiger partial charge on any atom is -0.508 e. The summed E-state index contributed by atoms with van der Waals surface area (Å²) in [5.74, 6) is -0.0468. The quantitative estimate of drug-likeness (QED) is 0.211. The number of urea groups is 1. The van der Waals surface area contributed by atoms with Gasteiger partial charge < -0.3 is 36.4 Å². The molecule has 0 saturated carbocycles. The predicted octanol–water partition coefficient (Wildman–Crippen LogP) is -1.45. The highest BCUT2D eigenvalue weighted by Gasteiger charge is 2.44. The minimum atomic E-state index is -1.33. The van der Waals surface area contributed by atoms with Crippen LogP contribution in [-0.2, 0) is 16.1 Å². The molecular weight excluding hydrogens is 448 g/mol. The molecular formula is C20H24N8O6. The zero-order valence-electron chi connectivity index (χ0n) is 17.8. The summed E-state index contributed by atoms with van der Waals surface area (Å²) < 4.78 is 7.23. The summed E-state index contributed by atoms with van der Waals surface area (Å²) >= 11 is 0. The van der Waals surface area contributed by atoms with Gasteiger partial charge in [0.05, 0.1) is 12.9 Å². The van der Waals surface area contributed by atoms with Crippen LogP contribution in [0.4, 0.5) is 10.6 Å². The maximum Gasteiger partial charge on any atom is 0.321 e. The van der Waals surface area contributed by atoms with Crippen LogP contribution in [0, 0.1) is 0 Å². The van der Waals surface area contributed by atoms with Gasteiger partial charge in [0.15, 0.2) is 23.2 Å². The molecule has 180 valence electrons. The number of aliphatic hydroxyl groups excluding tert-OH is 2. The number of imide groups is 1. The summed E-state index contributed by atoms with van der Waals surface area (Å²) in [7, 11) is 0. The van der Waals surface area contributed by atoms with Crippen molar-refractivity contribution in [2.45, 2.75) is 31.1 Å². The van der Waals surface area contributed by atoms with Crippen molar-refractivity contribution in [1.82, 2.24) is 30.2 Å². The number of phenolic OH excluding ortho intramolecular Hbond substituents is 1. The number of aromatic nitrogens is 4. The van der Waals surface area contributed by atoms with E-state index in [0.717, 1.165) is 5.56 Å². The van der Waals surface area contributed by atoms with Crippen molar-refractivity contribution in [3.05, 3.63) is 42.5 Å². The Morgan fingerprint density at radius 1 is 1.12 bits per heavy atom. The first-order valence-corrected chi connectivity index (χ1v) is 10.4. The normalized spacial score (nSPS) is 22.0. The monoisotopic (exact) mass is 472 g/mol. The Bertz CT molecular complexity index is 1170. The zero-order chi connectivity index (χ0) is 24.2. The fraction of sp³-hybridized carbons (Fsp3) is 0.350. The van der Waals surface area contributed by atoms with Crippen molar-refractivity contribution in [3.8, 4) is 5.75 Å². The van der Waals surface area contributed by atoms with Crippen molar-refractivity contribution >= 4 is 28.9 Å². The first-order valence-electron chi connectivity index (χ1n) is 10.4. The van der Waals surface area contributed by atoms with Crippen LogP contribution < -0.4 is 21.7 Å². The summed E-state index contributed by atoms with van der Waals surface area (Å²) in [5, 5.41) is 37.9. The van der Waals surface area contributed by atoms with Crippen LogP contribution >= 0.6 is 0 Å². The van der Waals surface area contributed by atoms with Crippen molar-refractivity contribution in [1.29, 1.82) is 0 Å². The van der Waals surface area contributed by atoms with Crippen LogP contribution in [0.2, 0.25) is 0 Å². The van der Waals surface area contributed by atoms with Gasteiger partial charge in [-0.15, -0.1) is 0 Å². The summed E-state index contributed by atoms with van der Waals surface area (Å²) in [5.41, 5.74) is 6.83. The van der Waals surface area contributed by atoms with Crippen LogP contribution in [0.25, 0.3) is 11.2 Å². The third-order valence-corrected chi connectivity index (χ3v) is 5.27. The topological polar surface area (TPSA) is 210 Å². The number of phenols is 1. The first-order chi connectivity index (χ1) is 16.4. The number of fused-ring (bicyclic) bond motifs is 1. The highest BCUT2D eigenvalue weighted by Crippen LogP contribution is 2.32. The second-order valence-corrected chi connectivity index (χ2v) is 7.57. The number of nitrogens with one attached hydrogen (secondary N) is 3. The number of hydrogen-bond donors (Lipinski definition) is 7. The van der Waals surface area contributed by atoms with E-state index in [9.17, 15) is 24.9 Å². The number of nitrogens with two attached hydrogens (primary N) is 1. The summed E-state index contributed by atoms with van der Waals surface area (Å²) in [6, 6.07) is 5.90. The number of benzene rings is 1. The van der Waals surface area contributed by atoms with E-state index in [2.05, 4.69) is 25.6 Å². The summed E-state index contributed by atoms with van der Waals surface area (Å²) in [6.07, 6.45) is -1.89. The molecule has 1 aromatic carbocycles. The van der Waals surface area contributed by atoms with Crippen LogP contribution in [0.3, 0.4) is 0 Å². The van der Waals surface area contributed by atoms with Crippen LogP contribution in [0.15, 0.2) is 36.9 Å². The maximum atomic E-state index is 11.7. The molecule has 1 aliphatic heterocycles. The van der Waals surface area contributed by atoms with Gasteiger partial charge in [-0.05, 0) is 17.7 Å². The van der Waals surface area contributed by atoms with Crippen LogP contribution in [0.5, 0.6) is 5.75 Å². The average molecular weight is 472 g/mol. The largest absolute Gasteiger partial charge is 0.508 e. The molecule has 3 amide bonds. The smallest absolute Gasteiger partial charge is 0.321 e. The summed E-state index contributed by atoms with van der Waals surface area (Å²) in [4.78, 5) is 35.7. The number of hydrogen-bond acceptors (Lipinski definition) is 11. The van der Waals surface area contributed by atoms with Gasteiger partial charge in [0, 0.05) is 13.1 Å². The molecule has 0 aliphatic carbocycles. The molecule has 1 saturated heterocycles. The SMILES string of the molecule is NCC(=O)NC(=O)NC[C@H]1O[C@@H](n2cnc3c(NCc4ccc(O)cc4)ncnc32)[C@H](O)[C@@H]1O. The van der Waals surface area contributed by atoms with Gasteiger partial charge in [0.2, 0.25) is 5.91 Å². The molecule has 14 heteroatoms. The van der Waals surface area contributed by atoms with Gasteiger partial charge in [-0.25, -0.2) is 19.7 Å². The molecule has 4 rings (SSSR count). The van der Waals surface area contributed by atoms with E-state index >= 15 is 0 Å². The molecule has 0 unspecified atom stereocenters. The van der Waals surface area contributed by atoms with E-state index in [-0.39, 0.29) is 18.8 Å². The number of rotatable bonds is 7. The fourth-order valence-corrected chi connectivity index (χ4v) is 3.51. The van der Waals surface area contributed by atoms with E-state index < -0.39 is 36.5 Å². The number of amides is 3. The lowest BCUT2D eigenvalue weighted by Gasteiger charge is -2.16.